The summed E-state index contributed by atoms with van der Waals surface area (Å²) in [6, 6.07) is 14.2. The van der Waals surface area contributed by atoms with Gasteiger partial charge in [0.1, 0.15) is 17.7 Å². The molecule has 0 aliphatic carbocycles. The number of pyridine rings is 1. The Morgan fingerprint density at radius 1 is 1.19 bits per heavy atom. The summed E-state index contributed by atoms with van der Waals surface area (Å²) in [6.07, 6.45) is 1.90. The van der Waals surface area contributed by atoms with Gasteiger partial charge in [0.05, 0.1) is 6.54 Å². The van der Waals surface area contributed by atoms with Crippen molar-refractivity contribution in [3.8, 4) is 5.75 Å². The summed E-state index contributed by atoms with van der Waals surface area (Å²) in [4.78, 5) is 13.5. The van der Waals surface area contributed by atoms with Crippen molar-refractivity contribution in [3.63, 3.8) is 0 Å². The molecule has 1 N–H and O–H groups in total. The van der Waals surface area contributed by atoms with Crippen LogP contribution in [0.5, 0.6) is 5.75 Å². The molecule has 1 aliphatic heterocycles. The molecule has 1 atom stereocenters. The number of hydrogen-bond acceptors (Lipinski definition) is 4. The van der Waals surface area contributed by atoms with Gasteiger partial charge >= 0.3 is 0 Å². The van der Waals surface area contributed by atoms with Crippen LogP contribution in [0.1, 0.15) is 12.5 Å². The number of hydrogen-bond donors (Lipinski definition) is 1. The number of piperazine rings is 1. The van der Waals surface area contributed by atoms with Crippen molar-refractivity contribution in [2.75, 3.05) is 44.7 Å². The number of nitrogens with one attached hydrogen (secondary N) is 1. The molecule has 0 bridgehead atoms. The Morgan fingerprint density at radius 3 is 2.67 bits per heavy atom. The number of aryl methyl sites for hydroxylation is 1. The van der Waals surface area contributed by atoms with Crippen LogP contribution >= 0.6 is 0 Å². The maximum atomic E-state index is 6.00. The van der Waals surface area contributed by atoms with Gasteiger partial charge in [0.2, 0.25) is 0 Å². The number of rotatable bonds is 5. The van der Waals surface area contributed by atoms with Gasteiger partial charge in [0, 0.05) is 39.4 Å². The molecule has 3 rings (SSSR count). The number of nitrogens with zero attached hydrogens (tertiary/aromatic N) is 4. The zero-order chi connectivity index (χ0) is 19.1. The molecular formula is C21H29N5O. The number of anilines is 1. The third-order valence-electron chi connectivity index (χ3n) is 4.64. The molecule has 0 saturated carbocycles. The van der Waals surface area contributed by atoms with Gasteiger partial charge < -0.3 is 19.9 Å². The van der Waals surface area contributed by atoms with E-state index in [2.05, 4.69) is 57.1 Å². The first-order valence-electron chi connectivity index (χ1n) is 9.50. The molecule has 2 aromatic rings. The molecule has 1 saturated heterocycles. The zero-order valence-corrected chi connectivity index (χ0v) is 16.4. The van der Waals surface area contributed by atoms with E-state index in [0.29, 0.717) is 6.54 Å². The average molecular weight is 367 g/mol. The van der Waals surface area contributed by atoms with Crippen LogP contribution in [0.25, 0.3) is 0 Å². The van der Waals surface area contributed by atoms with E-state index in [1.165, 1.54) is 5.56 Å². The number of aromatic nitrogens is 1. The number of aliphatic imine (C=N–C) groups is 1. The summed E-state index contributed by atoms with van der Waals surface area (Å²) < 4.78 is 6.00. The summed E-state index contributed by atoms with van der Waals surface area (Å²) in [7, 11) is 1.83. The van der Waals surface area contributed by atoms with Gasteiger partial charge in [-0.1, -0.05) is 18.2 Å². The lowest BCUT2D eigenvalue weighted by Crippen LogP contribution is -2.53. The number of benzene rings is 1. The molecule has 0 spiro atoms. The van der Waals surface area contributed by atoms with E-state index in [0.717, 1.165) is 43.7 Å². The molecule has 27 heavy (non-hydrogen) atoms. The predicted octanol–water partition coefficient (Wildman–Crippen LogP) is 2.55. The molecule has 1 aromatic carbocycles. The Labute approximate surface area is 161 Å². The highest BCUT2D eigenvalue weighted by molar-refractivity contribution is 5.80. The summed E-state index contributed by atoms with van der Waals surface area (Å²) in [5.74, 6) is 2.87. The zero-order valence-electron chi connectivity index (χ0n) is 16.4. The first kappa shape index (κ1) is 19.0. The van der Waals surface area contributed by atoms with Crippen molar-refractivity contribution in [1.29, 1.82) is 0 Å². The molecule has 2 heterocycles. The van der Waals surface area contributed by atoms with Crippen LogP contribution in [0, 0.1) is 6.92 Å². The van der Waals surface area contributed by atoms with Crippen molar-refractivity contribution in [2.45, 2.75) is 20.0 Å². The van der Waals surface area contributed by atoms with E-state index < -0.39 is 0 Å². The van der Waals surface area contributed by atoms with E-state index in [9.17, 15) is 0 Å². The van der Waals surface area contributed by atoms with Gasteiger partial charge in [-0.05, 0) is 43.7 Å². The van der Waals surface area contributed by atoms with Crippen LogP contribution in [0.4, 0.5) is 5.82 Å². The molecule has 144 valence electrons. The lowest BCUT2D eigenvalue weighted by Gasteiger charge is -2.37. The van der Waals surface area contributed by atoms with Gasteiger partial charge in [0.15, 0.2) is 5.96 Å². The largest absolute Gasteiger partial charge is 0.489 e. The highest BCUT2D eigenvalue weighted by Gasteiger charge is 2.20. The van der Waals surface area contributed by atoms with Crippen molar-refractivity contribution >= 4 is 11.8 Å². The van der Waals surface area contributed by atoms with Gasteiger partial charge in [-0.25, -0.2) is 4.98 Å². The topological polar surface area (TPSA) is 53.0 Å². The second kappa shape index (κ2) is 9.26. The summed E-state index contributed by atoms with van der Waals surface area (Å²) in [5, 5.41) is 3.45. The van der Waals surface area contributed by atoms with Gasteiger partial charge in [0.25, 0.3) is 0 Å². The Balaban J connectivity index is 1.47. The summed E-state index contributed by atoms with van der Waals surface area (Å²) in [5.41, 5.74) is 1.20. The lowest BCUT2D eigenvalue weighted by molar-refractivity contribution is 0.221. The molecule has 1 aromatic heterocycles. The molecule has 1 unspecified atom stereocenters. The standard InChI is InChI=1S/C21H29N5O/c1-17-7-6-8-19(15-17)27-18(2)16-24-21(22-3)26-13-11-25(12-14-26)20-9-4-5-10-23-20/h4-10,15,18H,11-14,16H2,1-3H3,(H,22,24). The van der Waals surface area contributed by atoms with Crippen LogP contribution in [-0.4, -0.2) is 61.7 Å². The van der Waals surface area contributed by atoms with Gasteiger partial charge in [-0.2, -0.15) is 0 Å². The SMILES string of the molecule is CN=C(NCC(C)Oc1cccc(C)c1)N1CCN(c2ccccn2)CC1. The van der Waals surface area contributed by atoms with E-state index in [1.54, 1.807) is 0 Å². The predicted molar refractivity (Wildman–Crippen MR) is 111 cm³/mol. The van der Waals surface area contributed by atoms with Crippen molar-refractivity contribution in [3.05, 3.63) is 54.2 Å². The number of guanidine groups is 1. The first-order chi connectivity index (χ1) is 13.2. The maximum absolute atomic E-state index is 6.00. The Morgan fingerprint density at radius 2 is 2.00 bits per heavy atom. The summed E-state index contributed by atoms with van der Waals surface area (Å²) in [6.45, 7) is 8.57. The second-order valence-corrected chi connectivity index (χ2v) is 6.84. The lowest BCUT2D eigenvalue weighted by atomic mass is 10.2. The summed E-state index contributed by atoms with van der Waals surface area (Å²) >= 11 is 0. The van der Waals surface area contributed by atoms with Crippen molar-refractivity contribution < 1.29 is 4.74 Å². The van der Waals surface area contributed by atoms with E-state index >= 15 is 0 Å². The normalized spacial score (nSPS) is 16.2. The molecule has 1 fully saturated rings. The molecule has 6 nitrogen and oxygen atoms in total. The van der Waals surface area contributed by atoms with Crippen LogP contribution in [0.2, 0.25) is 0 Å². The molecular weight excluding hydrogens is 338 g/mol. The minimum absolute atomic E-state index is 0.0540. The fraction of sp³-hybridized carbons (Fsp3) is 0.429. The Kier molecular flexibility index (Phi) is 6.52. The van der Waals surface area contributed by atoms with E-state index in [-0.39, 0.29) is 6.10 Å². The van der Waals surface area contributed by atoms with Crippen LogP contribution in [0.3, 0.4) is 0 Å². The third-order valence-corrected chi connectivity index (χ3v) is 4.64. The molecule has 6 heteroatoms. The second-order valence-electron chi connectivity index (χ2n) is 6.84. The monoisotopic (exact) mass is 367 g/mol. The van der Waals surface area contributed by atoms with Crippen molar-refractivity contribution in [2.24, 2.45) is 4.99 Å². The van der Waals surface area contributed by atoms with Crippen molar-refractivity contribution in [1.82, 2.24) is 15.2 Å². The maximum Gasteiger partial charge on any atom is 0.193 e. The molecule has 0 radical (unpaired) electrons. The fourth-order valence-corrected chi connectivity index (χ4v) is 3.22. The van der Waals surface area contributed by atoms with Crippen LogP contribution in [-0.2, 0) is 0 Å². The highest BCUT2D eigenvalue weighted by atomic mass is 16.5. The molecule has 0 amide bonds. The van der Waals surface area contributed by atoms with E-state index in [4.69, 9.17) is 4.74 Å². The average Bonchev–Trinajstić information content (AvgIpc) is 2.69. The van der Waals surface area contributed by atoms with Gasteiger partial charge in [-0.3, -0.25) is 4.99 Å². The quantitative estimate of drug-likeness (QED) is 0.650. The first-order valence-corrected chi connectivity index (χ1v) is 9.50. The Hall–Kier alpha value is -2.76. The third kappa shape index (κ3) is 5.36. The van der Waals surface area contributed by atoms with E-state index in [1.807, 2.05) is 37.5 Å². The smallest absolute Gasteiger partial charge is 0.193 e. The minimum Gasteiger partial charge on any atom is -0.489 e. The Bertz CT molecular complexity index is 741. The van der Waals surface area contributed by atoms with Crippen LogP contribution < -0.4 is 15.0 Å². The fourth-order valence-electron chi connectivity index (χ4n) is 3.22. The van der Waals surface area contributed by atoms with Crippen LogP contribution in [0.15, 0.2) is 53.7 Å². The minimum atomic E-state index is 0.0540. The molecule has 1 aliphatic rings. The number of ether oxygens (including phenoxy) is 1. The highest BCUT2D eigenvalue weighted by Crippen LogP contribution is 2.14. The van der Waals surface area contributed by atoms with Gasteiger partial charge in [-0.15, -0.1) is 0 Å².